The third-order valence-electron chi connectivity index (χ3n) is 2.34. The highest BCUT2D eigenvalue weighted by Crippen LogP contribution is 2.26. The predicted octanol–water partition coefficient (Wildman–Crippen LogP) is 1.07. The van der Waals surface area contributed by atoms with Crippen molar-refractivity contribution < 1.29 is 14.6 Å². The monoisotopic (exact) mass is 248 g/mol. The van der Waals surface area contributed by atoms with E-state index in [2.05, 4.69) is 5.32 Å². The Morgan fingerprint density at radius 1 is 1.61 bits per heavy atom. The molecule has 2 N–H and O–H groups in total. The van der Waals surface area contributed by atoms with Crippen molar-refractivity contribution in [3.05, 3.63) is 29.3 Å². The zero-order valence-corrected chi connectivity index (χ0v) is 10.4. The van der Waals surface area contributed by atoms with Crippen LogP contribution in [0.2, 0.25) is 0 Å². The molecule has 0 fully saturated rings. The highest BCUT2D eigenvalue weighted by atomic mass is 16.5. The molecule has 18 heavy (non-hydrogen) atoms. The number of amides is 1. The maximum atomic E-state index is 11.3. The Labute approximate surface area is 106 Å². The van der Waals surface area contributed by atoms with Gasteiger partial charge in [-0.15, -0.1) is 0 Å². The second-order valence-electron chi connectivity index (χ2n) is 3.94. The predicted molar refractivity (Wildman–Crippen MR) is 65.9 cm³/mol. The molecule has 0 saturated heterocycles. The molecule has 0 aliphatic rings. The first-order chi connectivity index (χ1) is 8.54. The van der Waals surface area contributed by atoms with Gasteiger partial charge in [-0.25, -0.2) is 0 Å². The van der Waals surface area contributed by atoms with Gasteiger partial charge in [-0.3, -0.25) is 4.79 Å². The summed E-state index contributed by atoms with van der Waals surface area (Å²) in [4.78, 5) is 11.3. The Balaban J connectivity index is 2.67. The molecule has 5 nitrogen and oxygen atoms in total. The van der Waals surface area contributed by atoms with Gasteiger partial charge >= 0.3 is 0 Å². The van der Waals surface area contributed by atoms with Crippen LogP contribution in [0.15, 0.2) is 18.2 Å². The molecule has 0 saturated carbocycles. The Hall–Kier alpha value is -2.06. The van der Waals surface area contributed by atoms with Crippen LogP contribution in [0.25, 0.3) is 0 Å². The van der Waals surface area contributed by atoms with E-state index in [1.54, 1.807) is 19.1 Å². The minimum Gasteiger partial charge on any atom is -0.483 e. The quantitative estimate of drug-likeness (QED) is 0.763. The molecular weight excluding hydrogens is 232 g/mol. The maximum Gasteiger partial charge on any atom is 0.258 e. The molecule has 1 aromatic carbocycles. The van der Waals surface area contributed by atoms with Crippen LogP contribution in [0.5, 0.6) is 5.75 Å². The number of nitriles is 1. The minimum absolute atomic E-state index is 0.0423. The molecule has 1 amide bonds. The van der Waals surface area contributed by atoms with Crippen LogP contribution in [0.1, 0.15) is 24.2 Å². The Morgan fingerprint density at radius 3 is 2.94 bits per heavy atom. The van der Waals surface area contributed by atoms with E-state index in [-0.39, 0.29) is 19.1 Å². The van der Waals surface area contributed by atoms with Crippen LogP contribution in [0.3, 0.4) is 0 Å². The fourth-order valence-electron chi connectivity index (χ4n) is 1.46. The van der Waals surface area contributed by atoms with Gasteiger partial charge in [0.15, 0.2) is 6.61 Å². The lowest BCUT2D eigenvalue weighted by atomic mass is 10.1. The lowest BCUT2D eigenvalue weighted by molar-refractivity contribution is -0.122. The van der Waals surface area contributed by atoms with Gasteiger partial charge in [-0.2, -0.15) is 5.26 Å². The second-order valence-corrected chi connectivity index (χ2v) is 3.94. The number of aliphatic hydroxyl groups is 1. The average molecular weight is 248 g/mol. The molecule has 1 atom stereocenters. The van der Waals surface area contributed by atoms with E-state index in [0.717, 1.165) is 5.56 Å². The first kappa shape index (κ1) is 14.0. The number of hydrogen-bond acceptors (Lipinski definition) is 4. The second kappa shape index (κ2) is 6.62. The van der Waals surface area contributed by atoms with Gasteiger partial charge < -0.3 is 15.2 Å². The Kier molecular flexibility index (Phi) is 5.15. The number of rotatable bonds is 5. The molecule has 0 aliphatic heterocycles. The van der Waals surface area contributed by atoms with E-state index < -0.39 is 6.10 Å². The summed E-state index contributed by atoms with van der Waals surface area (Å²) in [5.74, 6) is 0.108. The van der Waals surface area contributed by atoms with Crippen LogP contribution in [-0.2, 0) is 4.79 Å². The number of nitrogens with zero attached hydrogens (tertiary/aromatic N) is 1. The third kappa shape index (κ3) is 4.07. The lowest BCUT2D eigenvalue weighted by Gasteiger charge is -2.13. The van der Waals surface area contributed by atoms with E-state index in [1.165, 1.54) is 0 Å². The topological polar surface area (TPSA) is 82.3 Å². The Morgan fingerprint density at radius 2 is 2.33 bits per heavy atom. The minimum atomic E-state index is -0.665. The summed E-state index contributed by atoms with van der Waals surface area (Å²) < 4.78 is 5.33. The number of benzene rings is 1. The van der Waals surface area contributed by atoms with Gasteiger partial charge in [0.2, 0.25) is 0 Å². The van der Waals surface area contributed by atoms with Gasteiger partial charge in [0, 0.05) is 5.56 Å². The van der Waals surface area contributed by atoms with Crippen molar-refractivity contribution in [3.8, 4) is 11.8 Å². The first-order valence-electron chi connectivity index (χ1n) is 5.59. The fraction of sp³-hybridized carbons (Fsp3) is 0.385. The van der Waals surface area contributed by atoms with Gasteiger partial charge in [0.25, 0.3) is 5.91 Å². The fourth-order valence-corrected chi connectivity index (χ4v) is 1.46. The molecule has 1 rings (SSSR count). The summed E-state index contributed by atoms with van der Waals surface area (Å²) in [5.41, 5.74) is 1.65. The van der Waals surface area contributed by atoms with Crippen LogP contribution < -0.4 is 10.1 Å². The molecule has 0 aliphatic carbocycles. The van der Waals surface area contributed by atoms with Crippen LogP contribution >= 0.6 is 0 Å². The summed E-state index contributed by atoms with van der Waals surface area (Å²) in [5, 5.41) is 20.3. The van der Waals surface area contributed by atoms with Crippen molar-refractivity contribution in [1.82, 2.24) is 5.32 Å². The normalized spacial score (nSPS) is 11.4. The number of carbonyl (C=O) groups excluding carboxylic acids is 1. The van der Waals surface area contributed by atoms with Crippen molar-refractivity contribution in [2.24, 2.45) is 0 Å². The molecule has 0 spiro atoms. The average Bonchev–Trinajstić information content (AvgIpc) is 2.34. The zero-order valence-electron chi connectivity index (χ0n) is 10.4. The molecule has 1 aromatic rings. The summed E-state index contributed by atoms with van der Waals surface area (Å²) in [6, 6.07) is 7.18. The van der Waals surface area contributed by atoms with E-state index in [4.69, 9.17) is 10.00 Å². The van der Waals surface area contributed by atoms with Crippen molar-refractivity contribution in [3.63, 3.8) is 0 Å². The zero-order chi connectivity index (χ0) is 13.5. The molecule has 96 valence electrons. The highest BCUT2D eigenvalue weighted by Gasteiger charge is 2.10. The molecule has 1 unspecified atom stereocenters. The van der Waals surface area contributed by atoms with Crippen LogP contribution in [0.4, 0.5) is 0 Å². The van der Waals surface area contributed by atoms with Gasteiger partial charge in [0.1, 0.15) is 12.3 Å². The lowest BCUT2D eigenvalue weighted by Crippen LogP contribution is -2.29. The number of carbonyl (C=O) groups is 1. The van der Waals surface area contributed by atoms with Crippen molar-refractivity contribution in [2.75, 3.05) is 13.2 Å². The summed E-state index contributed by atoms with van der Waals surface area (Å²) in [6.45, 7) is 3.33. The largest absolute Gasteiger partial charge is 0.483 e. The van der Waals surface area contributed by atoms with Crippen LogP contribution in [-0.4, -0.2) is 24.2 Å². The molecule has 0 bridgehead atoms. The summed E-state index contributed by atoms with van der Waals surface area (Å²) in [6.07, 6.45) is -0.665. The molecular formula is C13H16N2O3. The standard InChI is InChI=1S/C13H16N2O3/c1-9-3-4-12(11(7-9)10(2)16)18-8-13(17)15-6-5-14/h3-4,7,10,16H,6,8H2,1-2H3,(H,15,17). The van der Waals surface area contributed by atoms with Crippen molar-refractivity contribution in [1.29, 1.82) is 5.26 Å². The number of ether oxygens (including phenoxy) is 1. The van der Waals surface area contributed by atoms with E-state index >= 15 is 0 Å². The number of hydrogen-bond donors (Lipinski definition) is 2. The van der Waals surface area contributed by atoms with Crippen molar-refractivity contribution >= 4 is 5.91 Å². The van der Waals surface area contributed by atoms with Gasteiger partial charge in [-0.1, -0.05) is 11.6 Å². The smallest absolute Gasteiger partial charge is 0.258 e. The molecule has 0 aromatic heterocycles. The molecule has 0 radical (unpaired) electrons. The number of aryl methyl sites for hydroxylation is 1. The summed E-state index contributed by atoms with van der Waals surface area (Å²) in [7, 11) is 0. The van der Waals surface area contributed by atoms with E-state index in [9.17, 15) is 9.90 Å². The third-order valence-corrected chi connectivity index (χ3v) is 2.34. The first-order valence-corrected chi connectivity index (χ1v) is 5.59. The Bertz CT molecular complexity index is 464. The van der Waals surface area contributed by atoms with E-state index in [0.29, 0.717) is 11.3 Å². The highest BCUT2D eigenvalue weighted by molar-refractivity contribution is 5.77. The van der Waals surface area contributed by atoms with E-state index in [1.807, 2.05) is 19.1 Å². The maximum absolute atomic E-state index is 11.3. The number of aliphatic hydroxyl groups excluding tert-OH is 1. The van der Waals surface area contributed by atoms with Crippen LogP contribution in [0, 0.1) is 18.3 Å². The molecule has 5 heteroatoms. The SMILES string of the molecule is Cc1ccc(OCC(=O)NCC#N)c(C(C)O)c1. The van der Waals surface area contributed by atoms with Gasteiger partial charge in [0.05, 0.1) is 12.2 Å². The number of nitrogens with one attached hydrogen (secondary N) is 1. The summed E-state index contributed by atoms with van der Waals surface area (Å²) >= 11 is 0. The van der Waals surface area contributed by atoms with Gasteiger partial charge in [-0.05, 0) is 26.0 Å². The van der Waals surface area contributed by atoms with Crippen molar-refractivity contribution in [2.45, 2.75) is 20.0 Å². The molecule has 0 heterocycles.